The minimum absolute atomic E-state index is 0.00613. The molecule has 2 aromatic rings. The third-order valence-electron chi connectivity index (χ3n) is 2.44. The molecular formula is C12H11F3N4. The fourth-order valence-corrected chi connectivity index (χ4v) is 1.60. The van der Waals surface area contributed by atoms with E-state index in [0.717, 1.165) is 6.07 Å². The Labute approximate surface area is 107 Å². The van der Waals surface area contributed by atoms with E-state index in [1.807, 2.05) is 0 Å². The number of hydrogen-bond donors (Lipinski definition) is 2. The van der Waals surface area contributed by atoms with Crippen LogP contribution in [0.2, 0.25) is 0 Å². The smallest absolute Gasteiger partial charge is 0.382 e. The Hall–Kier alpha value is -2.31. The van der Waals surface area contributed by atoms with E-state index in [1.165, 1.54) is 24.5 Å². The number of nitrogens with one attached hydrogen (secondary N) is 1. The van der Waals surface area contributed by atoms with Crippen molar-refractivity contribution in [2.45, 2.75) is 12.7 Å². The third-order valence-corrected chi connectivity index (χ3v) is 2.44. The van der Waals surface area contributed by atoms with Gasteiger partial charge in [-0.2, -0.15) is 13.2 Å². The summed E-state index contributed by atoms with van der Waals surface area (Å²) in [7, 11) is 0. The van der Waals surface area contributed by atoms with Crippen LogP contribution in [0.5, 0.6) is 0 Å². The van der Waals surface area contributed by atoms with Crippen LogP contribution in [0.25, 0.3) is 0 Å². The van der Waals surface area contributed by atoms with Crippen molar-refractivity contribution in [3.05, 3.63) is 47.8 Å². The lowest BCUT2D eigenvalue weighted by molar-refractivity contribution is -0.138. The van der Waals surface area contributed by atoms with Crippen molar-refractivity contribution < 1.29 is 13.2 Å². The number of aromatic nitrogens is 2. The number of nitrogens with zero attached hydrogens (tertiary/aromatic N) is 2. The molecule has 0 saturated carbocycles. The number of anilines is 2. The molecule has 0 bridgehead atoms. The summed E-state index contributed by atoms with van der Waals surface area (Å²) in [4.78, 5) is 7.70. The molecule has 4 nitrogen and oxygen atoms in total. The van der Waals surface area contributed by atoms with Crippen LogP contribution in [0.15, 0.2) is 36.7 Å². The molecule has 100 valence electrons. The summed E-state index contributed by atoms with van der Waals surface area (Å²) in [5, 5.41) is 2.76. The van der Waals surface area contributed by atoms with Gasteiger partial charge in [0.25, 0.3) is 0 Å². The maximum absolute atomic E-state index is 12.8. The lowest BCUT2D eigenvalue weighted by atomic mass is 10.1. The highest BCUT2D eigenvalue weighted by Crippen LogP contribution is 2.32. The molecule has 1 aromatic carbocycles. The minimum Gasteiger partial charge on any atom is -0.382 e. The summed E-state index contributed by atoms with van der Waals surface area (Å²) in [6.07, 6.45) is -1.62. The molecule has 0 fully saturated rings. The number of rotatable bonds is 3. The SMILES string of the molecule is Nc1cncc(NCc2ccccc2C(F)(F)F)n1. The first-order valence-corrected chi connectivity index (χ1v) is 5.43. The van der Waals surface area contributed by atoms with Crippen LogP contribution < -0.4 is 11.1 Å². The summed E-state index contributed by atoms with van der Waals surface area (Å²) in [5.74, 6) is 0.533. The second kappa shape index (κ2) is 5.13. The van der Waals surface area contributed by atoms with Gasteiger partial charge in [0.05, 0.1) is 18.0 Å². The van der Waals surface area contributed by atoms with E-state index in [2.05, 4.69) is 15.3 Å². The van der Waals surface area contributed by atoms with Crippen molar-refractivity contribution in [1.29, 1.82) is 0 Å². The number of nitrogen functional groups attached to an aromatic ring is 1. The van der Waals surface area contributed by atoms with Gasteiger partial charge in [0, 0.05) is 6.54 Å². The molecule has 0 aliphatic heterocycles. The largest absolute Gasteiger partial charge is 0.416 e. The van der Waals surface area contributed by atoms with Gasteiger partial charge in [-0.25, -0.2) is 4.98 Å². The predicted molar refractivity (Wildman–Crippen MR) is 65.2 cm³/mol. The average molecular weight is 268 g/mol. The van der Waals surface area contributed by atoms with E-state index in [9.17, 15) is 13.2 Å². The first-order valence-electron chi connectivity index (χ1n) is 5.43. The molecule has 0 atom stereocenters. The molecular weight excluding hydrogens is 257 g/mol. The molecule has 3 N–H and O–H groups in total. The van der Waals surface area contributed by atoms with E-state index in [0.29, 0.717) is 5.82 Å². The number of alkyl halides is 3. The average Bonchev–Trinajstić information content (AvgIpc) is 2.36. The molecule has 0 unspecified atom stereocenters. The zero-order valence-electron chi connectivity index (χ0n) is 9.78. The number of hydrogen-bond acceptors (Lipinski definition) is 4. The van der Waals surface area contributed by atoms with Crippen molar-refractivity contribution in [3.8, 4) is 0 Å². The van der Waals surface area contributed by atoms with Crippen molar-refractivity contribution in [2.75, 3.05) is 11.1 Å². The molecule has 0 amide bonds. The van der Waals surface area contributed by atoms with E-state index in [4.69, 9.17) is 5.73 Å². The van der Waals surface area contributed by atoms with Crippen molar-refractivity contribution >= 4 is 11.6 Å². The monoisotopic (exact) mass is 268 g/mol. The van der Waals surface area contributed by atoms with E-state index < -0.39 is 11.7 Å². The second-order valence-electron chi connectivity index (χ2n) is 3.84. The quantitative estimate of drug-likeness (QED) is 0.898. The highest BCUT2D eigenvalue weighted by molar-refractivity contribution is 5.40. The molecule has 0 saturated heterocycles. The second-order valence-corrected chi connectivity index (χ2v) is 3.84. The lowest BCUT2D eigenvalue weighted by Crippen LogP contribution is -2.12. The lowest BCUT2D eigenvalue weighted by Gasteiger charge is -2.13. The molecule has 0 aliphatic rings. The Morgan fingerprint density at radius 3 is 2.58 bits per heavy atom. The Bertz CT molecular complexity index is 569. The molecule has 0 spiro atoms. The molecule has 2 rings (SSSR count). The van der Waals surface area contributed by atoms with E-state index >= 15 is 0 Å². The van der Waals surface area contributed by atoms with Gasteiger partial charge in [0.2, 0.25) is 0 Å². The van der Waals surface area contributed by atoms with Crippen LogP contribution in [-0.4, -0.2) is 9.97 Å². The predicted octanol–water partition coefficient (Wildman–Crippen LogP) is 2.69. The number of halogens is 3. The van der Waals surface area contributed by atoms with Gasteiger partial charge in [0.1, 0.15) is 11.6 Å². The van der Waals surface area contributed by atoms with Crippen molar-refractivity contribution in [3.63, 3.8) is 0 Å². The van der Waals surface area contributed by atoms with Gasteiger partial charge in [-0.1, -0.05) is 18.2 Å². The maximum atomic E-state index is 12.8. The molecule has 7 heteroatoms. The molecule has 0 aliphatic carbocycles. The van der Waals surface area contributed by atoms with Crippen LogP contribution in [0.3, 0.4) is 0 Å². The third kappa shape index (κ3) is 3.34. The van der Waals surface area contributed by atoms with E-state index in [-0.39, 0.29) is 17.9 Å². The van der Waals surface area contributed by atoms with Gasteiger partial charge >= 0.3 is 6.18 Å². The normalized spacial score (nSPS) is 11.3. The Morgan fingerprint density at radius 2 is 1.89 bits per heavy atom. The topological polar surface area (TPSA) is 63.8 Å². The first-order chi connectivity index (χ1) is 8.97. The van der Waals surface area contributed by atoms with Crippen molar-refractivity contribution in [2.24, 2.45) is 0 Å². The van der Waals surface area contributed by atoms with Gasteiger partial charge in [-0.15, -0.1) is 0 Å². The van der Waals surface area contributed by atoms with Crippen molar-refractivity contribution in [1.82, 2.24) is 9.97 Å². The van der Waals surface area contributed by atoms with Crippen LogP contribution >= 0.6 is 0 Å². The first kappa shape index (κ1) is 13.1. The zero-order valence-corrected chi connectivity index (χ0v) is 9.78. The van der Waals surface area contributed by atoms with Crippen LogP contribution in [-0.2, 0) is 12.7 Å². The maximum Gasteiger partial charge on any atom is 0.416 e. The molecule has 1 aromatic heterocycles. The molecule has 1 heterocycles. The van der Waals surface area contributed by atoms with Gasteiger partial charge in [0.15, 0.2) is 0 Å². The summed E-state index contributed by atoms with van der Waals surface area (Å²) in [6, 6.07) is 5.36. The Balaban J connectivity index is 2.16. The summed E-state index contributed by atoms with van der Waals surface area (Å²) in [5.41, 5.74) is 4.90. The number of nitrogens with two attached hydrogens (primary N) is 1. The fraction of sp³-hybridized carbons (Fsp3) is 0.167. The Morgan fingerprint density at radius 1 is 1.16 bits per heavy atom. The minimum atomic E-state index is -4.38. The molecule has 19 heavy (non-hydrogen) atoms. The number of benzene rings is 1. The highest BCUT2D eigenvalue weighted by atomic mass is 19.4. The zero-order chi connectivity index (χ0) is 13.9. The van der Waals surface area contributed by atoms with Gasteiger partial charge in [-0.3, -0.25) is 4.98 Å². The van der Waals surface area contributed by atoms with Gasteiger partial charge in [-0.05, 0) is 11.6 Å². The van der Waals surface area contributed by atoms with Crippen LogP contribution in [0, 0.1) is 0 Å². The van der Waals surface area contributed by atoms with E-state index in [1.54, 1.807) is 6.07 Å². The molecule has 0 radical (unpaired) electrons. The van der Waals surface area contributed by atoms with Gasteiger partial charge < -0.3 is 11.1 Å². The van der Waals surface area contributed by atoms with Crippen LogP contribution in [0.1, 0.15) is 11.1 Å². The summed E-state index contributed by atoms with van der Waals surface area (Å²) < 4.78 is 38.3. The van der Waals surface area contributed by atoms with Crippen LogP contribution in [0.4, 0.5) is 24.8 Å². The fourth-order valence-electron chi connectivity index (χ4n) is 1.60. The Kier molecular flexibility index (Phi) is 3.55. The summed E-state index contributed by atoms with van der Waals surface area (Å²) >= 11 is 0. The standard InChI is InChI=1S/C12H11F3N4/c13-12(14,15)9-4-2-1-3-8(9)5-18-11-7-17-6-10(16)19-11/h1-4,6-7H,5H2,(H3,16,18,19). The summed E-state index contributed by atoms with van der Waals surface area (Å²) in [6.45, 7) is -0.00613. The highest BCUT2D eigenvalue weighted by Gasteiger charge is 2.32.